The Morgan fingerprint density at radius 3 is 2.00 bits per heavy atom. The third-order valence-electron chi connectivity index (χ3n) is 5.52. The molecule has 1 saturated heterocycles. The Morgan fingerprint density at radius 1 is 0.913 bits per heavy atom. The molecule has 1 aliphatic rings. The maximum absolute atomic E-state index is 6.12. The zero-order valence-corrected chi connectivity index (χ0v) is 15.8. The van der Waals surface area contributed by atoms with Crippen LogP contribution in [0, 0.1) is 0 Å². The van der Waals surface area contributed by atoms with Crippen LogP contribution in [0.25, 0.3) is 0 Å². The molecule has 0 radical (unpaired) electrons. The molecule has 1 aromatic rings. The third-order valence-corrected chi connectivity index (χ3v) is 5.52. The molecule has 2 rings (SSSR count). The highest BCUT2D eigenvalue weighted by Crippen LogP contribution is 2.36. The summed E-state index contributed by atoms with van der Waals surface area (Å²) in [6.07, 6.45) is 6.61. The van der Waals surface area contributed by atoms with Crippen molar-refractivity contribution in [1.29, 1.82) is 0 Å². The molecule has 0 spiro atoms. The topological polar surface area (TPSA) is 18.5 Å². The highest BCUT2D eigenvalue weighted by molar-refractivity contribution is 6.62. The van der Waals surface area contributed by atoms with E-state index in [9.17, 15) is 0 Å². The molecule has 0 aliphatic carbocycles. The molecule has 23 heavy (non-hydrogen) atoms. The van der Waals surface area contributed by atoms with Gasteiger partial charge in [0.05, 0.1) is 11.2 Å². The number of hydrogen-bond donors (Lipinski definition) is 0. The van der Waals surface area contributed by atoms with Crippen molar-refractivity contribution in [3.8, 4) is 0 Å². The maximum Gasteiger partial charge on any atom is 0.494 e. The van der Waals surface area contributed by atoms with Gasteiger partial charge in [-0.15, -0.1) is 0 Å². The molecule has 0 aromatic heterocycles. The second kappa shape index (κ2) is 7.40. The minimum Gasteiger partial charge on any atom is -0.399 e. The van der Waals surface area contributed by atoms with Crippen LogP contribution in [0.3, 0.4) is 0 Å². The highest BCUT2D eigenvalue weighted by Gasteiger charge is 2.51. The van der Waals surface area contributed by atoms with Crippen LogP contribution in [-0.4, -0.2) is 18.3 Å². The summed E-state index contributed by atoms with van der Waals surface area (Å²) in [5, 5.41) is 0. The van der Waals surface area contributed by atoms with Gasteiger partial charge in [0.2, 0.25) is 0 Å². The lowest BCUT2D eigenvalue weighted by molar-refractivity contribution is 0.00578. The van der Waals surface area contributed by atoms with Gasteiger partial charge in [-0.05, 0) is 51.1 Å². The number of rotatable bonds is 7. The molecule has 3 heteroatoms. The van der Waals surface area contributed by atoms with Gasteiger partial charge in [-0.1, -0.05) is 63.8 Å². The van der Waals surface area contributed by atoms with Crippen LogP contribution in [0.15, 0.2) is 24.3 Å². The molecule has 1 unspecified atom stereocenters. The van der Waals surface area contributed by atoms with Crippen molar-refractivity contribution in [2.24, 2.45) is 0 Å². The maximum atomic E-state index is 6.12. The largest absolute Gasteiger partial charge is 0.494 e. The highest BCUT2D eigenvalue weighted by atomic mass is 16.7. The number of hydrogen-bond acceptors (Lipinski definition) is 2. The van der Waals surface area contributed by atoms with Gasteiger partial charge < -0.3 is 9.31 Å². The molecule has 1 aliphatic heterocycles. The Bertz CT molecular complexity index is 477. The molecule has 1 heterocycles. The first-order valence-corrected chi connectivity index (χ1v) is 9.22. The normalized spacial score (nSPS) is 20.7. The Balaban J connectivity index is 1.95. The summed E-state index contributed by atoms with van der Waals surface area (Å²) in [7, 11) is -0.256. The van der Waals surface area contributed by atoms with Crippen LogP contribution >= 0.6 is 0 Å². The lowest BCUT2D eigenvalue weighted by Gasteiger charge is -2.32. The standard InChI is InChI=1S/C20H33BO2/c1-7-8-9-10-11-16(2)17-12-14-18(15-13-17)21-22-19(3,4)20(5,6)23-21/h12-16H,7-11H2,1-6H3. The number of benzene rings is 1. The SMILES string of the molecule is CCCCCCC(C)c1ccc(B2OC(C)(C)C(C)(C)O2)cc1. The smallest absolute Gasteiger partial charge is 0.399 e. The molecule has 1 fully saturated rings. The molecule has 128 valence electrons. The predicted molar refractivity (Wildman–Crippen MR) is 99.3 cm³/mol. The van der Waals surface area contributed by atoms with Gasteiger partial charge in [0, 0.05) is 0 Å². The zero-order valence-electron chi connectivity index (χ0n) is 15.8. The van der Waals surface area contributed by atoms with E-state index >= 15 is 0 Å². The zero-order chi connectivity index (χ0) is 17.1. The summed E-state index contributed by atoms with van der Waals surface area (Å²) in [6.45, 7) is 13.0. The summed E-state index contributed by atoms with van der Waals surface area (Å²) in [4.78, 5) is 0. The minimum absolute atomic E-state index is 0.256. The monoisotopic (exact) mass is 316 g/mol. The molecular formula is C20H33BO2. The van der Waals surface area contributed by atoms with Gasteiger partial charge in [-0.3, -0.25) is 0 Å². The summed E-state index contributed by atoms with van der Waals surface area (Å²) in [6, 6.07) is 8.82. The summed E-state index contributed by atoms with van der Waals surface area (Å²) in [5.41, 5.74) is 1.98. The van der Waals surface area contributed by atoms with Gasteiger partial charge in [0.1, 0.15) is 0 Å². The lowest BCUT2D eigenvalue weighted by Crippen LogP contribution is -2.41. The van der Waals surface area contributed by atoms with E-state index in [2.05, 4.69) is 65.8 Å². The van der Waals surface area contributed by atoms with Crippen molar-refractivity contribution in [2.75, 3.05) is 0 Å². The molecule has 0 bridgehead atoms. The summed E-state index contributed by atoms with van der Waals surface area (Å²) >= 11 is 0. The van der Waals surface area contributed by atoms with Crippen molar-refractivity contribution in [3.63, 3.8) is 0 Å². The molecule has 2 nitrogen and oxygen atoms in total. The van der Waals surface area contributed by atoms with E-state index in [1.165, 1.54) is 37.7 Å². The van der Waals surface area contributed by atoms with Crippen molar-refractivity contribution in [3.05, 3.63) is 29.8 Å². The van der Waals surface area contributed by atoms with Crippen molar-refractivity contribution in [2.45, 2.75) is 90.8 Å². The average molecular weight is 316 g/mol. The second-order valence-electron chi connectivity index (χ2n) is 8.01. The molecule has 1 aromatic carbocycles. The van der Waals surface area contributed by atoms with E-state index in [0.717, 1.165) is 5.46 Å². The third kappa shape index (κ3) is 4.39. The van der Waals surface area contributed by atoms with Gasteiger partial charge in [0.15, 0.2) is 0 Å². The van der Waals surface area contributed by atoms with Crippen LogP contribution in [0.4, 0.5) is 0 Å². The summed E-state index contributed by atoms with van der Waals surface area (Å²) < 4.78 is 12.2. The Morgan fingerprint density at radius 2 is 1.48 bits per heavy atom. The van der Waals surface area contributed by atoms with E-state index in [4.69, 9.17) is 9.31 Å². The Labute approximate surface area is 143 Å². The first kappa shape index (κ1) is 18.5. The van der Waals surface area contributed by atoms with E-state index in [1.54, 1.807) is 0 Å². The van der Waals surface area contributed by atoms with Crippen molar-refractivity contribution in [1.82, 2.24) is 0 Å². The molecule has 0 saturated carbocycles. The first-order valence-electron chi connectivity index (χ1n) is 9.22. The van der Waals surface area contributed by atoms with Crippen molar-refractivity contribution < 1.29 is 9.31 Å². The lowest BCUT2D eigenvalue weighted by atomic mass is 9.78. The van der Waals surface area contributed by atoms with E-state index < -0.39 is 0 Å². The fraction of sp³-hybridized carbons (Fsp3) is 0.700. The molecule has 0 N–H and O–H groups in total. The Kier molecular flexibility index (Phi) is 5.96. The minimum atomic E-state index is -0.275. The first-order chi connectivity index (χ1) is 10.8. The second-order valence-corrected chi connectivity index (χ2v) is 8.01. The van der Waals surface area contributed by atoms with Gasteiger partial charge in [-0.2, -0.15) is 0 Å². The fourth-order valence-electron chi connectivity index (χ4n) is 3.00. The van der Waals surface area contributed by atoms with Crippen LogP contribution in [0.1, 0.15) is 85.1 Å². The summed E-state index contributed by atoms with van der Waals surface area (Å²) in [5.74, 6) is 0.624. The van der Waals surface area contributed by atoms with E-state index in [0.29, 0.717) is 5.92 Å². The molecule has 1 atom stereocenters. The van der Waals surface area contributed by atoms with Gasteiger partial charge >= 0.3 is 7.12 Å². The molecule has 0 amide bonds. The van der Waals surface area contributed by atoms with E-state index in [1.807, 2.05) is 0 Å². The van der Waals surface area contributed by atoms with Crippen LogP contribution in [0.5, 0.6) is 0 Å². The van der Waals surface area contributed by atoms with Gasteiger partial charge in [0.25, 0.3) is 0 Å². The number of unbranched alkanes of at least 4 members (excludes halogenated alkanes) is 3. The van der Waals surface area contributed by atoms with Gasteiger partial charge in [-0.25, -0.2) is 0 Å². The van der Waals surface area contributed by atoms with Crippen LogP contribution < -0.4 is 5.46 Å². The van der Waals surface area contributed by atoms with Crippen LogP contribution in [-0.2, 0) is 9.31 Å². The van der Waals surface area contributed by atoms with E-state index in [-0.39, 0.29) is 18.3 Å². The van der Waals surface area contributed by atoms with Crippen molar-refractivity contribution >= 4 is 12.6 Å². The average Bonchev–Trinajstić information content (AvgIpc) is 2.72. The Hall–Kier alpha value is -0.795. The predicted octanol–water partition coefficient (Wildman–Crippen LogP) is 5.06. The fourth-order valence-corrected chi connectivity index (χ4v) is 3.00. The molecular weight excluding hydrogens is 283 g/mol. The quantitative estimate of drug-likeness (QED) is 0.517. The van der Waals surface area contributed by atoms with Crippen LogP contribution in [0.2, 0.25) is 0 Å².